The van der Waals surface area contributed by atoms with E-state index < -0.39 is 0 Å². The van der Waals surface area contributed by atoms with Crippen LogP contribution in [-0.4, -0.2) is 10.1 Å². The summed E-state index contributed by atoms with van der Waals surface area (Å²) in [6.07, 6.45) is 1.59. The van der Waals surface area contributed by atoms with Gasteiger partial charge in [0.1, 0.15) is 11.6 Å². The summed E-state index contributed by atoms with van der Waals surface area (Å²) in [6.45, 7) is -0.134. The van der Waals surface area contributed by atoms with Gasteiger partial charge in [-0.25, -0.2) is 9.37 Å². The number of pyridine rings is 1. The van der Waals surface area contributed by atoms with E-state index in [4.69, 9.17) is 5.11 Å². The molecule has 2 rings (SSSR count). The van der Waals surface area contributed by atoms with Crippen molar-refractivity contribution < 1.29 is 9.50 Å². The molecule has 0 amide bonds. The maximum atomic E-state index is 13.4. The Morgan fingerprint density at radius 1 is 1.19 bits per heavy atom. The van der Waals surface area contributed by atoms with Crippen molar-refractivity contribution in [2.75, 3.05) is 5.32 Å². The fourth-order valence-corrected chi connectivity index (χ4v) is 1.37. The van der Waals surface area contributed by atoms with Crippen LogP contribution in [0, 0.1) is 5.82 Å². The van der Waals surface area contributed by atoms with E-state index in [2.05, 4.69) is 10.3 Å². The van der Waals surface area contributed by atoms with Crippen LogP contribution in [0.25, 0.3) is 0 Å². The molecule has 0 aliphatic rings. The molecule has 0 unspecified atom stereocenters. The Morgan fingerprint density at radius 3 is 2.75 bits per heavy atom. The van der Waals surface area contributed by atoms with Crippen molar-refractivity contribution in [3.63, 3.8) is 0 Å². The van der Waals surface area contributed by atoms with Crippen LogP contribution in [0.15, 0.2) is 42.6 Å². The Balaban J connectivity index is 2.30. The lowest BCUT2D eigenvalue weighted by Gasteiger charge is -2.09. The summed E-state index contributed by atoms with van der Waals surface area (Å²) < 4.78 is 13.4. The van der Waals surface area contributed by atoms with Gasteiger partial charge in [0, 0.05) is 11.8 Å². The third-order valence-corrected chi connectivity index (χ3v) is 2.19. The normalized spacial score (nSPS) is 10.1. The zero-order valence-corrected chi connectivity index (χ0v) is 8.52. The Morgan fingerprint density at radius 2 is 2.00 bits per heavy atom. The van der Waals surface area contributed by atoms with Crippen molar-refractivity contribution in [2.45, 2.75) is 6.61 Å². The van der Waals surface area contributed by atoms with E-state index in [1.165, 1.54) is 6.07 Å². The average Bonchev–Trinajstić information content (AvgIpc) is 2.33. The van der Waals surface area contributed by atoms with E-state index >= 15 is 0 Å². The lowest BCUT2D eigenvalue weighted by atomic mass is 10.2. The van der Waals surface area contributed by atoms with E-state index in [-0.39, 0.29) is 12.4 Å². The van der Waals surface area contributed by atoms with E-state index in [1.807, 2.05) is 0 Å². The summed E-state index contributed by atoms with van der Waals surface area (Å²) in [5, 5.41) is 11.9. The molecule has 0 saturated heterocycles. The van der Waals surface area contributed by atoms with Gasteiger partial charge in [-0.3, -0.25) is 0 Å². The van der Waals surface area contributed by atoms with Crippen LogP contribution >= 0.6 is 0 Å². The maximum Gasteiger partial charge on any atom is 0.146 e. The second kappa shape index (κ2) is 4.72. The zero-order chi connectivity index (χ0) is 11.4. The molecule has 0 atom stereocenters. The molecule has 1 aromatic heterocycles. The second-order valence-corrected chi connectivity index (χ2v) is 3.27. The molecule has 2 N–H and O–H groups in total. The van der Waals surface area contributed by atoms with Crippen molar-refractivity contribution in [3.05, 3.63) is 54.0 Å². The molecular weight excluding hydrogens is 207 g/mol. The van der Waals surface area contributed by atoms with Crippen LogP contribution in [0.3, 0.4) is 0 Å². The molecule has 0 aliphatic carbocycles. The lowest BCUT2D eigenvalue weighted by molar-refractivity contribution is 0.282. The number of aromatic nitrogens is 1. The Kier molecular flexibility index (Phi) is 3.12. The predicted molar refractivity (Wildman–Crippen MR) is 59.8 cm³/mol. The van der Waals surface area contributed by atoms with Crippen molar-refractivity contribution in [1.82, 2.24) is 4.98 Å². The number of rotatable bonds is 3. The molecule has 2 aromatic rings. The van der Waals surface area contributed by atoms with Crippen LogP contribution < -0.4 is 5.32 Å². The summed E-state index contributed by atoms with van der Waals surface area (Å²) in [4.78, 5) is 4.05. The number of aliphatic hydroxyl groups is 1. The van der Waals surface area contributed by atoms with E-state index in [0.29, 0.717) is 17.1 Å². The monoisotopic (exact) mass is 218 g/mol. The molecule has 0 saturated carbocycles. The molecule has 0 aliphatic heterocycles. The van der Waals surface area contributed by atoms with Gasteiger partial charge in [0.2, 0.25) is 0 Å². The first-order valence-electron chi connectivity index (χ1n) is 4.87. The lowest BCUT2D eigenvalue weighted by Crippen LogP contribution is -2.00. The summed E-state index contributed by atoms with van der Waals surface area (Å²) in [5.74, 6) is 0.118. The molecule has 0 bridgehead atoms. The Hall–Kier alpha value is -1.94. The number of para-hydroxylation sites is 1. The van der Waals surface area contributed by atoms with Crippen molar-refractivity contribution >= 4 is 11.5 Å². The van der Waals surface area contributed by atoms with Crippen LogP contribution in [0.5, 0.6) is 0 Å². The third-order valence-electron chi connectivity index (χ3n) is 2.19. The minimum atomic E-state index is -0.350. The minimum absolute atomic E-state index is 0.134. The highest BCUT2D eigenvalue weighted by Crippen LogP contribution is 2.20. The first-order valence-corrected chi connectivity index (χ1v) is 4.87. The molecule has 82 valence electrons. The molecule has 1 heterocycles. The number of halogens is 1. The van der Waals surface area contributed by atoms with Crippen LogP contribution in [-0.2, 0) is 6.61 Å². The van der Waals surface area contributed by atoms with Gasteiger partial charge >= 0.3 is 0 Å². The van der Waals surface area contributed by atoms with Gasteiger partial charge in [0.05, 0.1) is 12.3 Å². The average molecular weight is 218 g/mol. The van der Waals surface area contributed by atoms with Gasteiger partial charge in [-0.05, 0) is 18.2 Å². The molecule has 0 radical (unpaired) electrons. The van der Waals surface area contributed by atoms with Gasteiger partial charge in [0.15, 0.2) is 0 Å². The van der Waals surface area contributed by atoms with Gasteiger partial charge in [-0.15, -0.1) is 0 Å². The predicted octanol–water partition coefficient (Wildman–Crippen LogP) is 2.46. The number of nitrogens with one attached hydrogen (secondary N) is 1. The zero-order valence-electron chi connectivity index (χ0n) is 8.52. The van der Waals surface area contributed by atoms with Crippen molar-refractivity contribution in [1.29, 1.82) is 0 Å². The SMILES string of the molecule is OCc1cccnc1Nc1ccccc1F. The molecule has 0 fully saturated rings. The molecule has 0 spiro atoms. The quantitative estimate of drug-likeness (QED) is 0.831. The fraction of sp³-hybridized carbons (Fsp3) is 0.0833. The number of hydrogen-bond acceptors (Lipinski definition) is 3. The number of nitrogens with zero attached hydrogens (tertiary/aromatic N) is 1. The standard InChI is InChI=1S/C12H11FN2O/c13-10-5-1-2-6-11(10)15-12-9(8-16)4-3-7-14-12/h1-7,16H,8H2,(H,14,15). The second-order valence-electron chi connectivity index (χ2n) is 3.27. The highest BCUT2D eigenvalue weighted by Gasteiger charge is 2.05. The minimum Gasteiger partial charge on any atom is -0.392 e. The summed E-state index contributed by atoms with van der Waals surface area (Å²) in [7, 11) is 0. The molecule has 16 heavy (non-hydrogen) atoms. The number of aliphatic hydroxyl groups excluding tert-OH is 1. The maximum absolute atomic E-state index is 13.4. The van der Waals surface area contributed by atoms with Gasteiger partial charge in [-0.2, -0.15) is 0 Å². The van der Waals surface area contributed by atoms with Crippen LogP contribution in [0.1, 0.15) is 5.56 Å². The Bertz CT molecular complexity index is 488. The van der Waals surface area contributed by atoms with Gasteiger partial charge in [0.25, 0.3) is 0 Å². The highest BCUT2D eigenvalue weighted by atomic mass is 19.1. The summed E-state index contributed by atoms with van der Waals surface area (Å²) in [6, 6.07) is 9.78. The first kappa shape index (κ1) is 10.6. The van der Waals surface area contributed by atoms with Crippen molar-refractivity contribution in [2.24, 2.45) is 0 Å². The topological polar surface area (TPSA) is 45.2 Å². The Labute approximate surface area is 92.6 Å². The fourth-order valence-electron chi connectivity index (χ4n) is 1.37. The van der Waals surface area contributed by atoms with Gasteiger partial charge in [-0.1, -0.05) is 18.2 Å². The molecular formula is C12H11FN2O. The number of anilines is 2. The number of hydrogen-bond donors (Lipinski definition) is 2. The number of benzene rings is 1. The smallest absolute Gasteiger partial charge is 0.146 e. The van der Waals surface area contributed by atoms with E-state index in [0.717, 1.165) is 0 Å². The summed E-state index contributed by atoms with van der Waals surface area (Å²) in [5.41, 5.74) is 0.974. The summed E-state index contributed by atoms with van der Waals surface area (Å²) >= 11 is 0. The first-order chi connectivity index (χ1) is 7.81. The van der Waals surface area contributed by atoms with E-state index in [1.54, 1.807) is 36.5 Å². The molecule has 3 nitrogen and oxygen atoms in total. The van der Waals surface area contributed by atoms with Crippen LogP contribution in [0.2, 0.25) is 0 Å². The van der Waals surface area contributed by atoms with Gasteiger partial charge < -0.3 is 10.4 Å². The highest BCUT2D eigenvalue weighted by molar-refractivity contribution is 5.59. The third kappa shape index (κ3) is 2.17. The van der Waals surface area contributed by atoms with Crippen LogP contribution in [0.4, 0.5) is 15.9 Å². The van der Waals surface area contributed by atoms with E-state index in [9.17, 15) is 4.39 Å². The molecule has 1 aromatic carbocycles. The van der Waals surface area contributed by atoms with Crippen molar-refractivity contribution in [3.8, 4) is 0 Å². The molecule has 4 heteroatoms. The largest absolute Gasteiger partial charge is 0.392 e.